The number of fused-ring (bicyclic) bond motifs is 7. The minimum absolute atomic E-state index is 0.644. The van der Waals surface area contributed by atoms with Crippen molar-refractivity contribution >= 4 is 54.4 Å². The van der Waals surface area contributed by atoms with Gasteiger partial charge in [0, 0.05) is 49.6 Å². The molecule has 0 radical (unpaired) electrons. The van der Waals surface area contributed by atoms with Gasteiger partial charge in [-0.05, 0) is 93.7 Å². The van der Waals surface area contributed by atoms with Crippen LogP contribution in [0.15, 0.2) is 237 Å². The molecule has 66 heavy (non-hydrogen) atoms. The molecule has 0 spiro atoms. The SMILES string of the molecule is c1ccc(-c2nc(-c3ccccc3)nc(-c3ccc(-c4ccc5c(c4)c4ccccc4n5-c4ccc(-c5ccc6c7ccccc7n(-c7ccccc7)c6c5)cc4)c4ccccc34)n2)cc1. The van der Waals surface area contributed by atoms with Crippen molar-refractivity contribution in [3.63, 3.8) is 0 Å². The Hall–Kier alpha value is -8.93. The molecule has 5 nitrogen and oxygen atoms in total. The van der Waals surface area contributed by atoms with Gasteiger partial charge in [0.2, 0.25) is 0 Å². The minimum atomic E-state index is 0.644. The van der Waals surface area contributed by atoms with E-state index in [1.165, 1.54) is 49.2 Å². The Morgan fingerprint density at radius 1 is 0.227 bits per heavy atom. The third-order valence-corrected chi connectivity index (χ3v) is 13.0. The average molecular weight is 842 g/mol. The molecule has 0 saturated heterocycles. The fourth-order valence-electron chi connectivity index (χ4n) is 9.90. The molecular formula is C61H39N5. The third-order valence-electron chi connectivity index (χ3n) is 13.0. The predicted molar refractivity (Wildman–Crippen MR) is 273 cm³/mol. The van der Waals surface area contributed by atoms with E-state index in [1.54, 1.807) is 0 Å². The molecule has 0 aliphatic heterocycles. The van der Waals surface area contributed by atoms with Crippen molar-refractivity contribution < 1.29 is 0 Å². The lowest BCUT2D eigenvalue weighted by atomic mass is 9.94. The third kappa shape index (κ3) is 6.21. The van der Waals surface area contributed by atoms with E-state index in [1.807, 2.05) is 60.7 Å². The number of aromatic nitrogens is 5. The van der Waals surface area contributed by atoms with Crippen molar-refractivity contribution in [2.24, 2.45) is 0 Å². The smallest absolute Gasteiger partial charge is 0.164 e. The minimum Gasteiger partial charge on any atom is -0.309 e. The Bertz CT molecular complexity index is 3910. The van der Waals surface area contributed by atoms with Crippen molar-refractivity contribution in [3.8, 4) is 67.8 Å². The Labute approximate surface area is 381 Å². The maximum absolute atomic E-state index is 5.09. The molecule has 3 heterocycles. The van der Waals surface area contributed by atoms with Gasteiger partial charge in [0.1, 0.15) is 0 Å². The lowest BCUT2D eigenvalue weighted by Crippen LogP contribution is -2.00. The fraction of sp³-hybridized carbons (Fsp3) is 0. The monoisotopic (exact) mass is 841 g/mol. The van der Waals surface area contributed by atoms with Crippen molar-refractivity contribution in [2.45, 2.75) is 0 Å². The van der Waals surface area contributed by atoms with Crippen molar-refractivity contribution in [2.75, 3.05) is 0 Å². The Morgan fingerprint density at radius 3 is 1.32 bits per heavy atom. The summed E-state index contributed by atoms with van der Waals surface area (Å²) >= 11 is 0. The quantitative estimate of drug-likeness (QED) is 0.161. The maximum atomic E-state index is 5.09. The highest BCUT2D eigenvalue weighted by atomic mass is 15.0. The molecule has 0 amide bonds. The van der Waals surface area contributed by atoms with Crippen LogP contribution in [-0.4, -0.2) is 24.1 Å². The van der Waals surface area contributed by atoms with Crippen LogP contribution in [0.4, 0.5) is 0 Å². The van der Waals surface area contributed by atoms with Gasteiger partial charge in [-0.2, -0.15) is 0 Å². The molecule has 10 aromatic carbocycles. The van der Waals surface area contributed by atoms with Crippen LogP contribution in [-0.2, 0) is 0 Å². The molecule has 0 unspecified atom stereocenters. The van der Waals surface area contributed by atoms with Crippen molar-refractivity contribution in [1.82, 2.24) is 24.1 Å². The molecule has 0 fully saturated rings. The summed E-state index contributed by atoms with van der Waals surface area (Å²) in [5, 5.41) is 7.15. The lowest BCUT2D eigenvalue weighted by Gasteiger charge is -2.13. The Kier molecular flexibility index (Phi) is 8.78. The predicted octanol–water partition coefficient (Wildman–Crippen LogP) is 15.6. The summed E-state index contributed by atoms with van der Waals surface area (Å²) in [5.41, 5.74) is 14.5. The van der Waals surface area contributed by atoms with Gasteiger partial charge >= 0.3 is 0 Å². The van der Waals surface area contributed by atoms with Crippen LogP contribution in [0.1, 0.15) is 0 Å². The van der Waals surface area contributed by atoms with Gasteiger partial charge in [-0.25, -0.2) is 15.0 Å². The first-order valence-electron chi connectivity index (χ1n) is 22.4. The first-order valence-corrected chi connectivity index (χ1v) is 22.4. The summed E-state index contributed by atoms with van der Waals surface area (Å²) < 4.78 is 4.77. The number of nitrogens with zero attached hydrogens (tertiary/aromatic N) is 5. The van der Waals surface area contributed by atoms with E-state index in [4.69, 9.17) is 15.0 Å². The van der Waals surface area contributed by atoms with E-state index in [9.17, 15) is 0 Å². The second-order valence-electron chi connectivity index (χ2n) is 16.8. The summed E-state index contributed by atoms with van der Waals surface area (Å²) in [5.74, 6) is 1.94. The Balaban J connectivity index is 0.899. The topological polar surface area (TPSA) is 48.5 Å². The fourth-order valence-corrected chi connectivity index (χ4v) is 9.90. The average Bonchev–Trinajstić information content (AvgIpc) is 3.91. The van der Waals surface area contributed by atoms with Crippen LogP contribution in [0.2, 0.25) is 0 Å². The van der Waals surface area contributed by atoms with Gasteiger partial charge in [-0.1, -0.05) is 176 Å². The van der Waals surface area contributed by atoms with Crippen LogP contribution >= 0.6 is 0 Å². The molecule has 5 heteroatoms. The summed E-state index contributed by atoms with van der Waals surface area (Å²) in [6.45, 7) is 0. The van der Waals surface area contributed by atoms with E-state index in [0.29, 0.717) is 17.5 Å². The zero-order chi connectivity index (χ0) is 43.6. The first kappa shape index (κ1) is 37.6. The molecular weight excluding hydrogens is 803 g/mol. The molecule has 13 rings (SSSR count). The molecule has 13 aromatic rings. The van der Waals surface area contributed by atoms with Gasteiger partial charge in [-0.3, -0.25) is 0 Å². The number of rotatable bonds is 7. The highest BCUT2D eigenvalue weighted by molar-refractivity contribution is 6.13. The number of hydrogen-bond acceptors (Lipinski definition) is 3. The van der Waals surface area contributed by atoms with Crippen molar-refractivity contribution in [3.05, 3.63) is 237 Å². The molecule has 0 aliphatic rings. The second kappa shape index (κ2) is 15.4. The van der Waals surface area contributed by atoms with E-state index >= 15 is 0 Å². The van der Waals surface area contributed by atoms with E-state index < -0.39 is 0 Å². The van der Waals surface area contributed by atoms with Crippen LogP contribution in [0.3, 0.4) is 0 Å². The van der Waals surface area contributed by atoms with Crippen LogP contribution < -0.4 is 0 Å². The summed E-state index contributed by atoms with van der Waals surface area (Å²) in [6, 6.07) is 84.1. The van der Waals surface area contributed by atoms with Crippen molar-refractivity contribution in [1.29, 1.82) is 0 Å². The van der Waals surface area contributed by atoms with Gasteiger partial charge in [0.05, 0.1) is 22.1 Å². The van der Waals surface area contributed by atoms with Crippen LogP contribution in [0.25, 0.3) is 122 Å². The largest absolute Gasteiger partial charge is 0.309 e. The number of para-hydroxylation sites is 3. The van der Waals surface area contributed by atoms with E-state index in [-0.39, 0.29) is 0 Å². The van der Waals surface area contributed by atoms with Crippen LogP contribution in [0, 0.1) is 0 Å². The van der Waals surface area contributed by atoms with Crippen LogP contribution in [0.5, 0.6) is 0 Å². The zero-order valence-electron chi connectivity index (χ0n) is 35.8. The van der Waals surface area contributed by atoms with E-state index in [2.05, 4.69) is 185 Å². The van der Waals surface area contributed by atoms with Gasteiger partial charge < -0.3 is 9.13 Å². The number of hydrogen-bond donors (Lipinski definition) is 0. The molecule has 0 N–H and O–H groups in total. The van der Waals surface area contributed by atoms with E-state index in [0.717, 1.165) is 55.5 Å². The second-order valence-corrected chi connectivity index (χ2v) is 16.8. The molecule has 3 aromatic heterocycles. The molecule has 0 bridgehead atoms. The molecule has 0 atom stereocenters. The summed E-state index contributed by atoms with van der Waals surface area (Å²) in [7, 11) is 0. The summed E-state index contributed by atoms with van der Waals surface area (Å²) in [6.07, 6.45) is 0. The standard InChI is InChI=1S/C61H39N5/c1-4-16-41(17-5-1)59-62-60(42-18-6-2-7-19-42)64-61(63-59)53-36-35-47(48-22-10-11-23-49(48)53)44-31-37-57-54(38-44)51-25-13-15-27-56(51)65(57)46-32-28-40(29-33-46)43-30-34-52-50-24-12-14-26-55(50)66(58(52)39-43)45-20-8-3-9-21-45/h1-39H. The molecule has 0 aliphatic carbocycles. The van der Waals surface area contributed by atoms with Gasteiger partial charge in [0.25, 0.3) is 0 Å². The molecule has 0 saturated carbocycles. The lowest BCUT2D eigenvalue weighted by molar-refractivity contribution is 1.08. The maximum Gasteiger partial charge on any atom is 0.164 e. The molecule has 308 valence electrons. The number of benzene rings is 10. The summed E-state index contributed by atoms with van der Waals surface area (Å²) in [4.78, 5) is 15.1. The Morgan fingerprint density at radius 2 is 0.667 bits per heavy atom. The normalized spacial score (nSPS) is 11.6. The zero-order valence-corrected chi connectivity index (χ0v) is 35.8. The highest BCUT2D eigenvalue weighted by Crippen LogP contribution is 2.40. The highest BCUT2D eigenvalue weighted by Gasteiger charge is 2.19. The first-order chi connectivity index (χ1) is 32.7. The van der Waals surface area contributed by atoms with Gasteiger partial charge in [0.15, 0.2) is 17.5 Å². The van der Waals surface area contributed by atoms with Gasteiger partial charge in [-0.15, -0.1) is 0 Å².